The second-order valence-corrected chi connectivity index (χ2v) is 2.83. The zero-order valence-electron chi connectivity index (χ0n) is 8.08. The monoisotopic (exact) mass is 230 g/mol. The molecular weight excluding hydrogens is 223 g/mol. The molecule has 1 heterocycles. The molecule has 1 aromatic heterocycles. The van der Waals surface area contributed by atoms with Gasteiger partial charge in [0.1, 0.15) is 5.82 Å². The first kappa shape index (κ1) is 11.8. The fourth-order valence-corrected chi connectivity index (χ4v) is 0.855. The van der Waals surface area contributed by atoms with E-state index in [-0.39, 0.29) is 0 Å². The number of aromatic nitrogens is 1. The van der Waals surface area contributed by atoms with Crippen molar-refractivity contribution in [1.29, 1.82) is 0 Å². The van der Waals surface area contributed by atoms with E-state index >= 15 is 0 Å². The van der Waals surface area contributed by atoms with Crippen molar-refractivity contribution in [3.63, 3.8) is 0 Å². The number of ether oxygens (including phenoxy) is 1. The molecule has 0 amide bonds. The van der Waals surface area contributed by atoms with Crippen LogP contribution in [0.4, 0.5) is 10.1 Å². The second-order valence-electron chi connectivity index (χ2n) is 2.83. The van der Waals surface area contributed by atoms with Gasteiger partial charge in [0.05, 0.1) is 17.2 Å². The van der Waals surface area contributed by atoms with Crippen molar-refractivity contribution in [2.24, 2.45) is 0 Å². The van der Waals surface area contributed by atoms with Crippen LogP contribution < -0.4 is 4.74 Å². The molecule has 0 aromatic carbocycles. The third-order valence-electron chi connectivity index (χ3n) is 1.63. The molecule has 0 saturated carbocycles. The van der Waals surface area contributed by atoms with E-state index in [0.717, 1.165) is 0 Å². The first-order chi connectivity index (χ1) is 7.41. The number of carbonyl (C=O) groups is 1. The molecule has 0 bridgehead atoms. The number of hydrogen-bond donors (Lipinski definition) is 1. The number of rotatable bonds is 4. The van der Waals surface area contributed by atoms with E-state index in [0.29, 0.717) is 12.3 Å². The molecule has 1 rings (SSSR count). The number of carboxylic acid groups (broad SMARTS) is 1. The van der Waals surface area contributed by atoms with E-state index in [2.05, 4.69) is 4.98 Å². The molecule has 1 atom stereocenters. The number of nitrogens with zero attached hydrogens (tertiary/aromatic N) is 2. The Morgan fingerprint density at radius 3 is 2.88 bits per heavy atom. The van der Waals surface area contributed by atoms with E-state index in [9.17, 15) is 19.3 Å². The number of aliphatic carboxylic acids is 1. The van der Waals surface area contributed by atoms with Gasteiger partial charge in [-0.3, -0.25) is 10.1 Å². The lowest BCUT2D eigenvalue weighted by molar-refractivity contribution is -0.386. The Hall–Kier alpha value is -2.25. The Labute approximate surface area is 88.6 Å². The van der Waals surface area contributed by atoms with Gasteiger partial charge < -0.3 is 9.84 Å². The van der Waals surface area contributed by atoms with Gasteiger partial charge in [-0.15, -0.1) is 0 Å². The summed E-state index contributed by atoms with van der Waals surface area (Å²) in [5.74, 6) is -2.73. The van der Waals surface area contributed by atoms with Gasteiger partial charge in [-0.2, -0.15) is 0 Å². The van der Waals surface area contributed by atoms with Gasteiger partial charge >= 0.3 is 11.7 Å². The highest BCUT2D eigenvalue weighted by Gasteiger charge is 2.22. The minimum atomic E-state index is -1.31. The van der Waals surface area contributed by atoms with Crippen LogP contribution in [0.25, 0.3) is 0 Å². The highest BCUT2D eigenvalue weighted by molar-refractivity contribution is 5.72. The van der Waals surface area contributed by atoms with Gasteiger partial charge in [0.15, 0.2) is 6.10 Å². The predicted octanol–water partition coefficient (Wildman–Crippen LogP) is 0.981. The van der Waals surface area contributed by atoms with Crippen molar-refractivity contribution in [2.75, 3.05) is 0 Å². The van der Waals surface area contributed by atoms with Crippen molar-refractivity contribution >= 4 is 11.7 Å². The van der Waals surface area contributed by atoms with Crippen molar-refractivity contribution in [2.45, 2.75) is 13.0 Å². The fraction of sp³-hybridized carbons (Fsp3) is 0.250. The van der Waals surface area contributed by atoms with Gasteiger partial charge in [0.25, 0.3) is 5.88 Å². The number of pyridine rings is 1. The summed E-state index contributed by atoms with van der Waals surface area (Å²) in [6.07, 6.45) is -0.603. The van der Waals surface area contributed by atoms with E-state index < -0.39 is 34.4 Å². The Kier molecular flexibility index (Phi) is 3.33. The van der Waals surface area contributed by atoms with Crippen LogP contribution in [0.15, 0.2) is 12.3 Å². The summed E-state index contributed by atoms with van der Waals surface area (Å²) in [5, 5.41) is 19.0. The van der Waals surface area contributed by atoms with Crippen LogP contribution in [0.3, 0.4) is 0 Å². The number of carboxylic acids is 1. The highest BCUT2D eigenvalue weighted by atomic mass is 19.1. The average Bonchev–Trinajstić information content (AvgIpc) is 2.20. The summed E-state index contributed by atoms with van der Waals surface area (Å²) >= 11 is 0. The van der Waals surface area contributed by atoms with Crippen molar-refractivity contribution in [3.8, 4) is 5.88 Å². The number of nitro groups is 1. The van der Waals surface area contributed by atoms with Crippen LogP contribution >= 0.6 is 0 Å². The maximum Gasteiger partial charge on any atom is 0.344 e. The second kappa shape index (κ2) is 4.51. The summed E-state index contributed by atoms with van der Waals surface area (Å²) in [6.45, 7) is 1.18. The van der Waals surface area contributed by atoms with E-state index in [1.807, 2.05) is 0 Å². The maximum atomic E-state index is 12.7. The molecule has 8 heteroatoms. The zero-order valence-corrected chi connectivity index (χ0v) is 8.08. The molecule has 0 spiro atoms. The Bertz CT molecular complexity index is 436. The highest BCUT2D eigenvalue weighted by Crippen LogP contribution is 2.25. The third-order valence-corrected chi connectivity index (χ3v) is 1.63. The molecule has 1 aromatic rings. The van der Waals surface area contributed by atoms with Gasteiger partial charge in [0.2, 0.25) is 0 Å². The third kappa shape index (κ3) is 2.62. The topological polar surface area (TPSA) is 103 Å². The van der Waals surface area contributed by atoms with Crippen molar-refractivity contribution in [3.05, 3.63) is 28.2 Å². The lowest BCUT2D eigenvalue weighted by atomic mass is 10.4. The first-order valence-electron chi connectivity index (χ1n) is 4.11. The largest absolute Gasteiger partial charge is 0.479 e. The van der Waals surface area contributed by atoms with Crippen LogP contribution in [0, 0.1) is 15.9 Å². The molecule has 86 valence electrons. The van der Waals surface area contributed by atoms with Crippen LogP contribution in [0.5, 0.6) is 5.88 Å². The molecular formula is C8H7FN2O5. The standard InChI is InChI=1S/C8H7FN2O5/c1-4(8(12)13)16-7-6(11(14)15)2-5(9)3-10-7/h2-4H,1H3,(H,12,13)/t4-/m1/s1. The fourth-order valence-electron chi connectivity index (χ4n) is 0.855. The molecule has 1 N–H and O–H groups in total. The molecule has 0 radical (unpaired) electrons. The lowest BCUT2D eigenvalue weighted by Crippen LogP contribution is -2.23. The Morgan fingerprint density at radius 2 is 2.38 bits per heavy atom. The summed E-state index contributed by atoms with van der Waals surface area (Å²) in [4.78, 5) is 23.4. The minimum absolute atomic E-state index is 0.527. The van der Waals surface area contributed by atoms with Gasteiger partial charge in [-0.1, -0.05) is 0 Å². The predicted molar refractivity (Wildman–Crippen MR) is 48.6 cm³/mol. The Balaban J connectivity index is 3.04. The summed E-state index contributed by atoms with van der Waals surface area (Å²) < 4.78 is 17.4. The van der Waals surface area contributed by atoms with Crippen LogP contribution in [-0.4, -0.2) is 27.1 Å². The smallest absolute Gasteiger partial charge is 0.344 e. The normalized spacial score (nSPS) is 11.9. The molecule has 0 fully saturated rings. The van der Waals surface area contributed by atoms with Crippen LogP contribution in [0.2, 0.25) is 0 Å². The summed E-state index contributed by atoms with van der Waals surface area (Å²) in [6, 6.07) is 0.608. The molecule has 0 aliphatic carbocycles. The van der Waals surface area contributed by atoms with Crippen LogP contribution in [0.1, 0.15) is 6.92 Å². The zero-order chi connectivity index (χ0) is 12.3. The SMILES string of the molecule is C[C@@H](Oc1ncc(F)cc1[N+](=O)[O-])C(=O)O. The molecule has 0 saturated heterocycles. The van der Waals surface area contributed by atoms with Crippen LogP contribution in [-0.2, 0) is 4.79 Å². The molecule has 0 unspecified atom stereocenters. The van der Waals surface area contributed by atoms with E-state index in [4.69, 9.17) is 9.84 Å². The van der Waals surface area contributed by atoms with Crippen molar-refractivity contribution in [1.82, 2.24) is 4.98 Å². The molecule has 0 aliphatic rings. The summed E-state index contributed by atoms with van der Waals surface area (Å²) in [5.41, 5.74) is -0.715. The van der Waals surface area contributed by atoms with Gasteiger partial charge in [0, 0.05) is 0 Å². The lowest BCUT2D eigenvalue weighted by Gasteiger charge is -2.08. The van der Waals surface area contributed by atoms with E-state index in [1.54, 1.807) is 0 Å². The first-order valence-corrected chi connectivity index (χ1v) is 4.11. The maximum absolute atomic E-state index is 12.7. The average molecular weight is 230 g/mol. The van der Waals surface area contributed by atoms with Gasteiger partial charge in [-0.05, 0) is 6.92 Å². The van der Waals surface area contributed by atoms with Crippen molar-refractivity contribution < 1.29 is 24.0 Å². The molecule has 7 nitrogen and oxygen atoms in total. The summed E-state index contributed by atoms with van der Waals surface area (Å²) in [7, 11) is 0. The minimum Gasteiger partial charge on any atom is -0.479 e. The molecule has 16 heavy (non-hydrogen) atoms. The van der Waals surface area contributed by atoms with E-state index in [1.165, 1.54) is 6.92 Å². The number of halogens is 1. The number of hydrogen-bond acceptors (Lipinski definition) is 5. The Morgan fingerprint density at radius 1 is 1.75 bits per heavy atom. The quantitative estimate of drug-likeness (QED) is 0.610. The van der Waals surface area contributed by atoms with Gasteiger partial charge in [-0.25, -0.2) is 14.2 Å². The molecule has 0 aliphatic heterocycles.